The Morgan fingerprint density at radius 1 is 1.04 bits per heavy atom. The molecule has 6 nitrogen and oxygen atoms in total. The number of aryl methyl sites for hydroxylation is 1. The number of hydrogen-bond acceptors (Lipinski definition) is 6. The van der Waals surface area contributed by atoms with Gasteiger partial charge in [0.15, 0.2) is 0 Å². The zero-order valence-corrected chi connectivity index (χ0v) is 15.2. The molecule has 1 unspecified atom stereocenters. The summed E-state index contributed by atoms with van der Waals surface area (Å²) in [6, 6.07) is 10.4. The predicted octanol–water partition coefficient (Wildman–Crippen LogP) is 3.56. The Hall–Kier alpha value is -3.28. The lowest BCUT2D eigenvalue weighted by molar-refractivity contribution is -0.135. The Labute approximate surface area is 155 Å². The van der Waals surface area contributed by atoms with Gasteiger partial charge in [-0.15, -0.1) is 0 Å². The molecule has 27 heavy (non-hydrogen) atoms. The summed E-state index contributed by atoms with van der Waals surface area (Å²) < 4.78 is 21.7. The van der Waals surface area contributed by atoms with Crippen LogP contribution in [0.3, 0.4) is 0 Å². The Morgan fingerprint density at radius 3 is 2.59 bits per heavy atom. The molecule has 0 spiro atoms. The van der Waals surface area contributed by atoms with E-state index in [0.717, 1.165) is 16.5 Å². The van der Waals surface area contributed by atoms with E-state index in [1.807, 2.05) is 19.1 Å². The Bertz CT molecular complexity index is 1110. The van der Waals surface area contributed by atoms with Crippen LogP contribution in [0.5, 0.6) is 17.2 Å². The summed E-state index contributed by atoms with van der Waals surface area (Å²) in [5.41, 5.74) is 2.28. The van der Waals surface area contributed by atoms with Gasteiger partial charge in [0.05, 0.1) is 20.6 Å². The van der Waals surface area contributed by atoms with Gasteiger partial charge in [-0.2, -0.15) is 0 Å². The first-order chi connectivity index (χ1) is 13.0. The third-order valence-corrected chi connectivity index (χ3v) is 4.88. The summed E-state index contributed by atoms with van der Waals surface area (Å²) in [5, 5.41) is 0.809. The van der Waals surface area contributed by atoms with Gasteiger partial charge in [-0.1, -0.05) is 6.07 Å². The fraction of sp³-hybridized carbons (Fsp3) is 0.238. The third-order valence-electron chi connectivity index (χ3n) is 4.88. The number of carbonyl (C=O) groups excluding carboxylic acids is 1. The van der Waals surface area contributed by atoms with Crippen LogP contribution < -0.4 is 19.8 Å². The van der Waals surface area contributed by atoms with Crippen molar-refractivity contribution in [3.63, 3.8) is 0 Å². The van der Waals surface area contributed by atoms with Crippen molar-refractivity contribution in [2.24, 2.45) is 0 Å². The fourth-order valence-corrected chi connectivity index (χ4v) is 3.61. The molecule has 2 aromatic carbocycles. The summed E-state index contributed by atoms with van der Waals surface area (Å²) in [4.78, 5) is 24.2. The van der Waals surface area contributed by atoms with Gasteiger partial charge in [-0.3, -0.25) is 4.79 Å². The van der Waals surface area contributed by atoms with Crippen LogP contribution in [0.25, 0.3) is 11.0 Å². The van der Waals surface area contributed by atoms with Crippen molar-refractivity contribution >= 4 is 16.9 Å². The van der Waals surface area contributed by atoms with Crippen LogP contribution in [0.2, 0.25) is 0 Å². The number of carbonyl (C=O) groups is 1. The lowest BCUT2D eigenvalue weighted by Gasteiger charge is -2.27. The molecule has 0 amide bonds. The minimum Gasteiger partial charge on any atom is -0.497 e. The Balaban J connectivity index is 2.02. The minimum atomic E-state index is -0.439. The van der Waals surface area contributed by atoms with Gasteiger partial charge in [0.25, 0.3) is 0 Å². The molecule has 6 heteroatoms. The summed E-state index contributed by atoms with van der Waals surface area (Å²) in [5.74, 6) is 0.923. The summed E-state index contributed by atoms with van der Waals surface area (Å²) in [7, 11) is 3.14. The number of fused-ring (bicyclic) bond motifs is 3. The highest BCUT2D eigenvalue weighted by molar-refractivity contribution is 5.90. The van der Waals surface area contributed by atoms with E-state index >= 15 is 0 Å². The summed E-state index contributed by atoms with van der Waals surface area (Å²) in [6.45, 7) is 1.85. The van der Waals surface area contributed by atoms with Gasteiger partial charge in [0.1, 0.15) is 22.8 Å². The average molecular weight is 366 g/mol. The van der Waals surface area contributed by atoms with Crippen molar-refractivity contribution in [2.75, 3.05) is 14.2 Å². The van der Waals surface area contributed by atoms with Crippen LogP contribution >= 0.6 is 0 Å². The maximum atomic E-state index is 12.2. The molecule has 0 bridgehead atoms. The predicted molar refractivity (Wildman–Crippen MR) is 98.9 cm³/mol. The number of ether oxygens (including phenoxy) is 3. The van der Waals surface area contributed by atoms with Crippen molar-refractivity contribution in [2.45, 2.75) is 19.3 Å². The van der Waals surface area contributed by atoms with Crippen molar-refractivity contribution in [3.8, 4) is 17.2 Å². The van der Waals surface area contributed by atoms with E-state index in [-0.39, 0.29) is 18.3 Å². The second-order valence-corrected chi connectivity index (χ2v) is 6.44. The molecule has 0 N–H and O–H groups in total. The van der Waals surface area contributed by atoms with E-state index in [2.05, 4.69) is 0 Å². The number of methoxy groups -OCH3 is 2. The molecular formula is C21H18O6. The average Bonchev–Trinajstić information content (AvgIpc) is 2.66. The molecule has 1 aromatic heterocycles. The number of esters is 1. The largest absolute Gasteiger partial charge is 0.497 e. The highest BCUT2D eigenvalue weighted by atomic mass is 16.5. The molecular weight excluding hydrogens is 348 g/mol. The third kappa shape index (κ3) is 2.83. The highest BCUT2D eigenvalue weighted by Crippen LogP contribution is 2.46. The molecule has 0 aliphatic carbocycles. The molecule has 4 rings (SSSR count). The SMILES string of the molecule is COc1ccc(C2CC(=O)Oc3ccc4c(C)cc(=O)oc4c32)c(OC)c1. The van der Waals surface area contributed by atoms with Gasteiger partial charge in [-0.25, -0.2) is 4.79 Å². The molecule has 0 fully saturated rings. The van der Waals surface area contributed by atoms with Crippen LogP contribution in [0.15, 0.2) is 45.6 Å². The Morgan fingerprint density at radius 2 is 1.85 bits per heavy atom. The summed E-state index contributed by atoms with van der Waals surface area (Å²) in [6.07, 6.45) is 0.118. The zero-order chi connectivity index (χ0) is 19.1. The molecule has 0 radical (unpaired) electrons. The first-order valence-electron chi connectivity index (χ1n) is 8.51. The number of rotatable bonds is 3. The molecule has 1 aliphatic rings. The summed E-state index contributed by atoms with van der Waals surface area (Å²) >= 11 is 0. The normalized spacial score (nSPS) is 16.0. The molecule has 2 heterocycles. The molecule has 0 saturated carbocycles. The quantitative estimate of drug-likeness (QED) is 0.401. The topological polar surface area (TPSA) is 75.0 Å². The first-order valence-corrected chi connectivity index (χ1v) is 8.51. The Kier molecular flexibility index (Phi) is 4.11. The smallest absolute Gasteiger partial charge is 0.336 e. The van der Waals surface area contributed by atoms with Crippen molar-refractivity contribution < 1.29 is 23.4 Å². The van der Waals surface area contributed by atoms with Crippen LogP contribution in [0.1, 0.15) is 29.0 Å². The maximum absolute atomic E-state index is 12.2. The standard InChI is InChI=1S/C21H18O6/c1-11-8-18(22)27-21-13(11)6-7-16-20(21)15(10-19(23)26-16)14-5-4-12(24-2)9-17(14)25-3/h4-9,15H,10H2,1-3H3. The minimum absolute atomic E-state index is 0.118. The van der Waals surface area contributed by atoms with E-state index < -0.39 is 5.63 Å². The van der Waals surface area contributed by atoms with Crippen LogP contribution in [0, 0.1) is 6.92 Å². The molecule has 0 saturated heterocycles. The van der Waals surface area contributed by atoms with Crippen molar-refractivity contribution in [1.29, 1.82) is 0 Å². The van der Waals surface area contributed by atoms with Crippen molar-refractivity contribution in [3.05, 3.63) is 63.5 Å². The fourth-order valence-electron chi connectivity index (χ4n) is 3.61. The van der Waals surface area contributed by atoms with E-state index in [4.69, 9.17) is 18.6 Å². The van der Waals surface area contributed by atoms with Gasteiger partial charge in [0.2, 0.25) is 0 Å². The second kappa shape index (κ2) is 6.46. The second-order valence-electron chi connectivity index (χ2n) is 6.44. The molecule has 138 valence electrons. The monoisotopic (exact) mass is 366 g/mol. The van der Waals surface area contributed by atoms with Gasteiger partial charge < -0.3 is 18.6 Å². The first kappa shape index (κ1) is 17.1. The highest BCUT2D eigenvalue weighted by Gasteiger charge is 2.33. The van der Waals surface area contributed by atoms with E-state index in [9.17, 15) is 9.59 Å². The molecule has 1 aliphatic heterocycles. The lowest BCUT2D eigenvalue weighted by atomic mass is 9.84. The van der Waals surface area contributed by atoms with Crippen LogP contribution in [0.4, 0.5) is 0 Å². The molecule has 3 aromatic rings. The van der Waals surface area contributed by atoms with Gasteiger partial charge in [-0.05, 0) is 30.7 Å². The van der Waals surface area contributed by atoms with Crippen LogP contribution in [-0.2, 0) is 4.79 Å². The van der Waals surface area contributed by atoms with Gasteiger partial charge >= 0.3 is 11.6 Å². The zero-order valence-electron chi connectivity index (χ0n) is 15.2. The number of hydrogen-bond donors (Lipinski definition) is 0. The van der Waals surface area contributed by atoms with Gasteiger partial charge in [0, 0.05) is 34.6 Å². The maximum Gasteiger partial charge on any atom is 0.336 e. The van der Waals surface area contributed by atoms with Crippen LogP contribution in [-0.4, -0.2) is 20.2 Å². The lowest BCUT2D eigenvalue weighted by Crippen LogP contribution is -2.22. The van der Waals surface area contributed by atoms with E-state index in [1.165, 1.54) is 6.07 Å². The van der Waals surface area contributed by atoms with Crippen molar-refractivity contribution in [1.82, 2.24) is 0 Å². The van der Waals surface area contributed by atoms with E-state index in [0.29, 0.717) is 28.4 Å². The number of benzene rings is 2. The van der Waals surface area contributed by atoms with E-state index in [1.54, 1.807) is 32.4 Å². The molecule has 1 atom stereocenters.